The Morgan fingerprint density at radius 2 is 1.97 bits per heavy atom. The average Bonchev–Trinajstić information content (AvgIpc) is 3.23. The van der Waals surface area contributed by atoms with Crippen molar-refractivity contribution in [3.05, 3.63) is 84.1 Å². The number of hydrogen-bond acceptors (Lipinski definition) is 5. The van der Waals surface area contributed by atoms with Crippen LogP contribution >= 0.6 is 10.8 Å². The third-order valence-corrected chi connectivity index (χ3v) is 7.90. The van der Waals surface area contributed by atoms with Gasteiger partial charge in [0.2, 0.25) is 0 Å². The molecular weight excluding hydrogens is 433 g/mol. The summed E-state index contributed by atoms with van der Waals surface area (Å²) in [5, 5.41) is 10.1. The van der Waals surface area contributed by atoms with Crippen molar-refractivity contribution in [1.82, 2.24) is 13.9 Å². The molecule has 3 heterocycles. The van der Waals surface area contributed by atoms with Crippen molar-refractivity contribution in [3.63, 3.8) is 0 Å². The van der Waals surface area contributed by atoms with Crippen molar-refractivity contribution >= 4 is 27.8 Å². The van der Waals surface area contributed by atoms with Crippen LogP contribution in [0.25, 0.3) is 22.0 Å². The lowest BCUT2D eigenvalue weighted by Crippen LogP contribution is -2.24. The molecule has 1 aliphatic heterocycles. The minimum absolute atomic E-state index is 0.252. The molecule has 2 aromatic heterocycles. The first kappa shape index (κ1) is 20.7. The summed E-state index contributed by atoms with van der Waals surface area (Å²) in [7, 11) is -3.20. The molecule has 5 rings (SSSR count). The molecule has 0 bridgehead atoms. The van der Waals surface area contributed by atoms with Gasteiger partial charge in [0.1, 0.15) is 5.82 Å². The zero-order chi connectivity index (χ0) is 22.6. The Bertz CT molecular complexity index is 1360. The van der Waals surface area contributed by atoms with Crippen LogP contribution in [0, 0.1) is 5.82 Å². The minimum atomic E-state index is -3.20. The number of rotatable bonds is 3. The van der Waals surface area contributed by atoms with E-state index in [4.69, 9.17) is 0 Å². The normalized spacial score (nSPS) is 18.6. The molecular formula is C23H20FN3O4S. The summed E-state index contributed by atoms with van der Waals surface area (Å²) < 4.78 is 38.4. The molecule has 164 valence electrons. The molecule has 4 aromatic rings. The zero-order valence-electron chi connectivity index (χ0n) is 17.0. The van der Waals surface area contributed by atoms with E-state index in [9.17, 15) is 23.4 Å². The predicted octanol–water partition coefficient (Wildman–Crippen LogP) is 5.97. The summed E-state index contributed by atoms with van der Waals surface area (Å²) in [4.78, 5) is 16.4. The van der Waals surface area contributed by atoms with Crippen LogP contribution < -0.4 is 0 Å². The molecule has 2 aromatic carbocycles. The first-order valence-corrected chi connectivity index (χ1v) is 11.4. The van der Waals surface area contributed by atoms with Crippen LogP contribution in [0.4, 0.5) is 9.18 Å². The number of nitrogens with zero attached hydrogens (tertiary/aromatic N) is 3. The number of benzene rings is 2. The van der Waals surface area contributed by atoms with Crippen LogP contribution in [0.15, 0.2) is 71.9 Å². The highest BCUT2D eigenvalue weighted by Gasteiger charge is 2.40. The van der Waals surface area contributed by atoms with E-state index in [0.29, 0.717) is 21.4 Å². The second kappa shape index (κ2) is 7.42. The standard InChI is InChI=1S/C23H20FN3O4S/c1-14-19-10-15(20-13-26(23(28)29)21-11-16(24)6-7-18(20)21)5-8-22(19)32(30,31)27(14)12-17-4-2-3-9-25-17/h2-11,13-14,30-31H,12H2,1H3,(H,28,29). The Morgan fingerprint density at radius 3 is 2.69 bits per heavy atom. The van der Waals surface area contributed by atoms with Gasteiger partial charge in [-0.2, -0.15) is 4.31 Å². The fourth-order valence-electron chi connectivity index (χ4n) is 4.26. The number of halogens is 1. The van der Waals surface area contributed by atoms with Gasteiger partial charge >= 0.3 is 6.09 Å². The Labute approximate surface area is 184 Å². The molecule has 0 fully saturated rings. The van der Waals surface area contributed by atoms with Gasteiger partial charge in [-0.15, -0.1) is 10.8 Å². The number of fused-ring (bicyclic) bond motifs is 2. The van der Waals surface area contributed by atoms with Gasteiger partial charge in [-0.25, -0.2) is 9.18 Å². The lowest BCUT2D eigenvalue weighted by molar-refractivity contribution is 0.197. The van der Waals surface area contributed by atoms with Crippen molar-refractivity contribution in [2.24, 2.45) is 0 Å². The van der Waals surface area contributed by atoms with E-state index in [1.165, 1.54) is 18.3 Å². The Morgan fingerprint density at radius 1 is 1.16 bits per heavy atom. The maximum Gasteiger partial charge on any atom is 0.416 e. The van der Waals surface area contributed by atoms with E-state index in [1.807, 2.05) is 25.1 Å². The molecule has 1 aliphatic rings. The van der Waals surface area contributed by atoms with Gasteiger partial charge in [0, 0.05) is 23.3 Å². The van der Waals surface area contributed by atoms with E-state index in [-0.39, 0.29) is 18.1 Å². The molecule has 32 heavy (non-hydrogen) atoms. The monoisotopic (exact) mass is 453 g/mol. The topological polar surface area (TPSA) is 98.8 Å². The highest BCUT2D eigenvalue weighted by Crippen LogP contribution is 2.64. The van der Waals surface area contributed by atoms with Crippen LogP contribution in [-0.4, -0.2) is 34.2 Å². The SMILES string of the molecule is CC1c2cc(-c3cn(C(=O)O)c4cc(F)ccc34)ccc2S(O)(O)N1Cc1ccccn1. The van der Waals surface area contributed by atoms with Crippen LogP contribution in [0.5, 0.6) is 0 Å². The van der Waals surface area contributed by atoms with Crippen LogP contribution in [0.3, 0.4) is 0 Å². The number of carboxylic acid groups (broad SMARTS) is 1. The van der Waals surface area contributed by atoms with Crippen molar-refractivity contribution in [3.8, 4) is 11.1 Å². The third-order valence-electron chi connectivity index (χ3n) is 5.84. The maximum absolute atomic E-state index is 13.8. The molecule has 0 spiro atoms. The van der Waals surface area contributed by atoms with E-state index >= 15 is 0 Å². The van der Waals surface area contributed by atoms with E-state index in [2.05, 4.69) is 4.98 Å². The molecule has 3 N–H and O–H groups in total. The van der Waals surface area contributed by atoms with Crippen molar-refractivity contribution in [2.45, 2.75) is 24.4 Å². The molecule has 0 amide bonds. The second-order valence-corrected chi connectivity index (χ2v) is 9.65. The van der Waals surface area contributed by atoms with Gasteiger partial charge in [0.15, 0.2) is 0 Å². The van der Waals surface area contributed by atoms with E-state index < -0.39 is 22.7 Å². The number of carbonyl (C=O) groups is 1. The summed E-state index contributed by atoms with van der Waals surface area (Å²) in [5.41, 5.74) is 3.05. The zero-order valence-corrected chi connectivity index (χ0v) is 17.8. The van der Waals surface area contributed by atoms with Gasteiger partial charge in [0.05, 0.1) is 28.7 Å². The molecule has 9 heteroatoms. The van der Waals surface area contributed by atoms with Crippen molar-refractivity contribution < 1.29 is 23.4 Å². The second-order valence-electron chi connectivity index (χ2n) is 7.70. The van der Waals surface area contributed by atoms with Gasteiger partial charge in [-0.3, -0.25) is 18.7 Å². The number of aromatic nitrogens is 2. The average molecular weight is 453 g/mol. The largest absolute Gasteiger partial charge is 0.464 e. The van der Waals surface area contributed by atoms with Gasteiger partial charge < -0.3 is 5.11 Å². The molecule has 0 saturated carbocycles. The maximum atomic E-state index is 13.8. The molecule has 0 saturated heterocycles. The summed E-state index contributed by atoms with van der Waals surface area (Å²) in [6, 6.07) is 14.5. The summed E-state index contributed by atoms with van der Waals surface area (Å²) in [6.07, 6.45) is 1.91. The lowest BCUT2D eigenvalue weighted by Gasteiger charge is -2.38. The third kappa shape index (κ3) is 3.18. The Hall–Kier alpha value is -3.24. The highest BCUT2D eigenvalue weighted by atomic mass is 32.3. The van der Waals surface area contributed by atoms with Gasteiger partial charge in [-0.05, 0) is 60.5 Å². The quantitative estimate of drug-likeness (QED) is 0.353. The molecule has 1 atom stereocenters. The first-order valence-electron chi connectivity index (χ1n) is 9.90. The predicted molar refractivity (Wildman–Crippen MR) is 120 cm³/mol. The van der Waals surface area contributed by atoms with Crippen LogP contribution in [-0.2, 0) is 6.54 Å². The Kier molecular flexibility index (Phi) is 4.79. The van der Waals surface area contributed by atoms with E-state index in [0.717, 1.165) is 15.8 Å². The molecule has 7 nitrogen and oxygen atoms in total. The smallest absolute Gasteiger partial charge is 0.416 e. The number of pyridine rings is 1. The molecule has 1 unspecified atom stereocenters. The fourth-order valence-corrected chi connectivity index (χ4v) is 6.18. The van der Waals surface area contributed by atoms with Crippen molar-refractivity contribution in [2.75, 3.05) is 0 Å². The fraction of sp³-hybridized carbons (Fsp3) is 0.130. The van der Waals surface area contributed by atoms with E-state index in [1.54, 1.807) is 34.8 Å². The van der Waals surface area contributed by atoms with Crippen LogP contribution in [0.1, 0.15) is 24.2 Å². The first-order chi connectivity index (χ1) is 15.3. The molecule has 0 aliphatic carbocycles. The van der Waals surface area contributed by atoms with Crippen LogP contribution in [0.2, 0.25) is 0 Å². The number of hydrogen-bond donors (Lipinski definition) is 3. The van der Waals surface area contributed by atoms with Crippen molar-refractivity contribution in [1.29, 1.82) is 0 Å². The Balaban J connectivity index is 1.60. The lowest BCUT2D eigenvalue weighted by atomic mass is 9.99. The summed E-state index contributed by atoms with van der Waals surface area (Å²) in [6.45, 7) is 2.16. The van der Waals surface area contributed by atoms with Gasteiger partial charge in [0.25, 0.3) is 0 Å². The summed E-state index contributed by atoms with van der Waals surface area (Å²) in [5.74, 6) is -0.522. The highest BCUT2D eigenvalue weighted by molar-refractivity contribution is 8.22. The molecule has 0 radical (unpaired) electrons. The van der Waals surface area contributed by atoms with Gasteiger partial charge in [-0.1, -0.05) is 12.1 Å². The summed E-state index contributed by atoms with van der Waals surface area (Å²) >= 11 is 0. The minimum Gasteiger partial charge on any atom is -0.464 e.